The molecule has 0 bridgehead atoms. The average Bonchev–Trinajstić information content (AvgIpc) is 1.65. The summed E-state index contributed by atoms with van der Waals surface area (Å²) in [6, 6.07) is 0. The van der Waals surface area contributed by atoms with Crippen LogP contribution in [0, 0.1) is 5.92 Å². The summed E-state index contributed by atoms with van der Waals surface area (Å²) >= 11 is 0. The van der Waals surface area contributed by atoms with Crippen LogP contribution in [0.4, 0.5) is 0 Å². The summed E-state index contributed by atoms with van der Waals surface area (Å²) in [6.45, 7) is 6.32. The standard InChI is InChI=1S/C7H13B/c1-4-7(8)5-6(2)3/h5-6H,4H2,1-3H3. The molecule has 0 atom stereocenters. The normalized spacial score (nSPS) is 12.8. The highest BCUT2D eigenvalue weighted by atomic mass is 13.9. The molecule has 0 spiro atoms. The minimum Gasteiger partial charge on any atom is -0.122 e. The molecule has 2 radical (unpaired) electrons. The molecule has 0 nitrogen and oxygen atoms in total. The van der Waals surface area contributed by atoms with Crippen LogP contribution in [0.15, 0.2) is 11.5 Å². The number of hydrogen-bond donors (Lipinski definition) is 0. The van der Waals surface area contributed by atoms with Crippen molar-refractivity contribution in [3.05, 3.63) is 11.5 Å². The van der Waals surface area contributed by atoms with Crippen molar-refractivity contribution in [2.75, 3.05) is 0 Å². The van der Waals surface area contributed by atoms with Gasteiger partial charge >= 0.3 is 0 Å². The lowest BCUT2D eigenvalue weighted by Crippen LogP contribution is -1.84. The van der Waals surface area contributed by atoms with E-state index in [1.807, 2.05) is 0 Å². The Balaban J connectivity index is 3.56. The first kappa shape index (κ1) is 7.80. The van der Waals surface area contributed by atoms with E-state index in [4.69, 9.17) is 7.85 Å². The molecule has 0 rings (SSSR count). The third-order valence-corrected chi connectivity index (χ3v) is 0.956. The van der Waals surface area contributed by atoms with E-state index < -0.39 is 0 Å². The van der Waals surface area contributed by atoms with E-state index in [1.54, 1.807) is 0 Å². The molecule has 0 unspecified atom stereocenters. The molecule has 0 saturated carbocycles. The highest BCUT2D eigenvalue weighted by Gasteiger charge is 1.86. The first-order valence-corrected chi connectivity index (χ1v) is 3.13. The van der Waals surface area contributed by atoms with Crippen LogP contribution >= 0.6 is 0 Å². The molecule has 0 N–H and O–H groups in total. The van der Waals surface area contributed by atoms with E-state index in [9.17, 15) is 0 Å². The van der Waals surface area contributed by atoms with Crippen molar-refractivity contribution in [1.29, 1.82) is 0 Å². The SMILES string of the molecule is [B]C(=CC(C)C)CC. The molecule has 0 aromatic carbocycles. The fourth-order valence-electron chi connectivity index (χ4n) is 0.546. The molecule has 8 heavy (non-hydrogen) atoms. The molecule has 0 heterocycles. The summed E-state index contributed by atoms with van der Waals surface area (Å²) in [4.78, 5) is 0. The Kier molecular flexibility index (Phi) is 3.67. The van der Waals surface area contributed by atoms with Gasteiger partial charge < -0.3 is 0 Å². The van der Waals surface area contributed by atoms with E-state index in [1.165, 1.54) is 0 Å². The summed E-state index contributed by atoms with van der Waals surface area (Å²) in [6.07, 6.45) is 3.05. The molecule has 0 fully saturated rings. The van der Waals surface area contributed by atoms with Crippen LogP contribution in [0.3, 0.4) is 0 Å². The van der Waals surface area contributed by atoms with Gasteiger partial charge in [0, 0.05) is 0 Å². The summed E-state index contributed by atoms with van der Waals surface area (Å²) in [5.41, 5.74) is 1.00. The topological polar surface area (TPSA) is 0 Å². The van der Waals surface area contributed by atoms with Crippen LogP contribution in [0.1, 0.15) is 27.2 Å². The first-order chi connectivity index (χ1) is 3.66. The summed E-state index contributed by atoms with van der Waals surface area (Å²) in [5.74, 6) is 0.593. The van der Waals surface area contributed by atoms with Crippen LogP contribution < -0.4 is 0 Å². The van der Waals surface area contributed by atoms with Gasteiger partial charge in [0.15, 0.2) is 0 Å². The predicted molar refractivity (Wildman–Crippen MR) is 39.0 cm³/mol. The van der Waals surface area contributed by atoms with Crippen molar-refractivity contribution in [3.8, 4) is 0 Å². The molecular formula is C7H13B. The van der Waals surface area contributed by atoms with Crippen molar-refractivity contribution in [1.82, 2.24) is 0 Å². The van der Waals surface area contributed by atoms with Crippen molar-refractivity contribution in [3.63, 3.8) is 0 Å². The maximum atomic E-state index is 5.54. The molecule has 0 amide bonds. The van der Waals surface area contributed by atoms with E-state index in [0.29, 0.717) is 5.92 Å². The lowest BCUT2D eigenvalue weighted by Gasteiger charge is -1.97. The van der Waals surface area contributed by atoms with Crippen LogP contribution in [0.2, 0.25) is 0 Å². The minimum atomic E-state index is 0.593. The van der Waals surface area contributed by atoms with Gasteiger partial charge in [-0.2, -0.15) is 0 Å². The van der Waals surface area contributed by atoms with Crippen LogP contribution in [0.5, 0.6) is 0 Å². The Hall–Kier alpha value is -0.195. The summed E-state index contributed by atoms with van der Waals surface area (Å²) in [5, 5.41) is 0. The Morgan fingerprint density at radius 1 is 1.62 bits per heavy atom. The maximum Gasteiger partial charge on any atom is 0.107 e. The maximum absolute atomic E-state index is 5.54. The third-order valence-electron chi connectivity index (χ3n) is 0.956. The highest BCUT2D eigenvalue weighted by molar-refractivity contribution is 6.21. The fraction of sp³-hybridized carbons (Fsp3) is 0.714. The van der Waals surface area contributed by atoms with Gasteiger partial charge in [-0.25, -0.2) is 0 Å². The molecular weight excluding hydrogens is 94.9 g/mol. The zero-order chi connectivity index (χ0) is 6.57. The van der Waals surface area contributed by atoms with Gasteiger partial charge in [-0.05, 0) is 12.3 Å². The van der Waals surface area contributed by atoms with Gasteiger partial charge in [-0.3, -0.25) is 0 Å². The molecule has 0 aliphatic rings. The second kappa shape index (κ2) is 3.76. The first-order valence-electron chi connectivity index (χ1n) is 3.13. The van der Waals surface area contributed by atoms with Crippen LogP contribution in [-0.4, -0.2) is 7.85 Å². The quantitative estimate of drug-likeness (QED) is 0.475. The van der Waals surface area contributed by atoms with Crippen molar-refractivity contribution < 1.29 is 0 Å². The van der Waals surface area contributed by atoms with E-state index >= 15 is 0 Å². The van der Waals surface area contributed by atoms with Gasteiger partial charge in [0.05, 0.1) is 0 Å². The Bertz CT molecular complexity index is 82.4. The molecule has 0 aromatic heterocycles. The summed E-state index contributed by atoms with van der Waals surface area (Å²) in [7, 11) is 5.54. The van der Waals surface area contributed by atoms with Gasteiger partial charge in [0.1, 0.15) is 7.85 Å². The van der Waals surface area contributed by atoms with Gasteiger partial charge in [0.2, 0.25) is 0 Å². The molecule has 0 aromatic rings. The number of allylic oxidation sites excluding steroid dienone is 2. The predicted octanol–water partition coefficient (Wildman–Crippen LogP) is 2.10. The second-order valence-electron chi connectivity index (χ2n) is 2.34. The minimum absolute atomic E-state index is 0.593. The van der Waals surface area contributed by atoms with Gasteiger partial charge in [-0.15, -0.1) is 5.47 Å². The van der Waals surface area contributed by atoms with Crippen molar-refractivity contribution >= 4 is 7.85 Å². The fourth-order valence-corrected chi connectivity index (χ4v) is 0.546. The van der Waals surface area contributed by atoms with E-state index in [2.05, 4.69) is 26.8 Å². The molecule has 0 saturated heterocycles. The monoisotopic (exact) mass is 108 g/mol. The van der Waals surface area contributed by atoms with Crippen LogP contribution in [-0.2, 0) is 0 Å². The number of rotatable bonds is 2. The molecule has 0 aliphatic carbocycles. The third kappa shape index (κ3) is 3.98. The van der Waals surface area contributed by atoms with E-state index in [-0.39, 0.29) is 0 Å². The smallest absolute Gasteiger partial charge is 0.107 e. The van der Waals surface area contributed by atoms with Gasteiger partial charge in [-0.1, -0.05) is 26.8 Å². The largest absolute Gasteiger partial charge is 0.122 e. The Morgan fingerprint density at radius 3 is 2.25 bits per heavy atom. The Morgan fingerprint density at radius 2 is 2.12 bits per heavy atom. The zero-order valence-corrected chi connectivity index (χ0v) is 5.94. The summed E-state index contributed by atoms with van der Waals surface area (Å²) < 4.78 is 0. The number of hydrogen-bond acceptors (Lipinski definition) is 0. The lowest BCUT2D eigenvalue weighted by atomic mass is 9.90. The second-order valence-corrected chi connectivity index (χ2v) is 2.34. The van der Waals surface area contributed by atoms with Gasteiger partial charge in [0.25, 0.3) is 0 Å². The van der Waals surface area contributed by atoms with Crippen LogP contribution in [0.25, 0.3) is 0 Å². The van der Waals surface area contributed by atoms with Crippen molar-refractivity contribution in [2.45, 2.75) is 27.2 Å². The van der Waals surface area contributed by atoms with E-state index in [0.717, 1.165) is 11.9 Å². The zero-order valence-electron chi connectivity index (χ0n) is 5.94. The lowest BCUT2D eigenvalue weighted by molar-refractivity contribution is 0.823. The highest BCUT2D eigenvalue weighted by Crippen LogP contribution is 2.00. The average molecular weight is 108 g/mol. The molecule has 1 heteroatoms. The molecule has 44 valence electrons. The molecule has 0 aliphatic heterocycles. The van der Waals surface area contributed by atoms with Crippen molar-refractivity contribution in [2.24, 2.45) is 5.92 Å². The Labute approximate surface area is 53.4 Å².